The Morgan fingerprint density at radius 2 is 1.86 bits per heavy atom. The Morgan fingerprint density at radius 3 is 2.50 bits per heavy atom. The molecule has 22 heavy (non-hydrogen) atoms. The zero-order valence-corrected chi connectivity index (χ0v) is 13.2. The van der Waals surface area contributed by atoms with Gasteiger partial charge >= 0.3 is 6.09 Å². The van der Waals surface area contributed by atoms with E-state index >= 15 is 0 Å². The van der Waals surface area contributed by atoms with E-state index in [2.05, 4.69) is 4.90 Å². The number of benzene rings is 1. The predicted molar refractivity (Wildman–Crippen MR) is 84.6 cm³/mol. The highest BCUT2D eigenvalue weighted by molar-refractivity contribution is 6.30. The van der Waals surface area contributed by atoms with Crippen LogP contribution in [0.3, 0.4) is 0 Å². The van der Waals surface area contributed by atoms with E-state index in [0.717, 1.165) is 31.6 Å². The molecule has 0 atom stereocenters. The number of piperazine rings is 1. The van der Waals surface area contributed by atoms with Gasteiger partial charge in [-0.3, -0.25) is 9.69 Å². The number of hydrogen-bond donors (Lipinski definition) is 0. The summed E-state index contributed by atoms with van der Waals surface area (Å²) in [5, 5.41) is 0.665. The fraction of sp³-hybridized carbons (Fsp3) is 0.500. The number of amides is 1. The molecule has 0 unspecified atom stereocenters. The average Bonchev–Trinajstić information content (AvgIpc) is 2.55. The van der Waals surface area contributed by atoms with Crippen LogP contribution in [0, 0.1) is 0 Å². The van der Waals surface area contributed by atoms with E-state index in [4.69, 9.17) is 16.3 Å². The molecule has 2 rings (SSSR count). The van der Waals surface area contributed by atoms with Crippen molar-refractivity contribution in [3.05, 3.63) is 34.9 Å². The molecular formula is C16H20ClN2O3. The second kappa shape index (κ2) is 8.76. The van der Waals surface area contributed by atoms with Gasteiger partial charge in [-0.2, -0.15) is 0 Å². The van der Waals surface area contributed by atoms with Crippen LogP contribution in [0.5, 0.6) is 0 Å². The monoisotopic (exact) mass is 323 g/mol. The molecule has 0 bridgehead atoms. The van der Waals surface area contributed by atoms with Gasteiger partial charge in [0.15, 0.2) is 6.29 Å². The van der Waals surface area contributed by atoms with Gasteiger partial charge in [0.25, 0.3) is 0 Å². The van der Waals surface area contributed by atoms with E-state index in [9.17, 15) is 9.59 Å². The zero-order valence-electron chi connectivity index (χ0n) is 12.5. The molecule has 6 heteroatoms. The minimum atomic E-state index is -0.282. The van der Waals surface area contributed by atoms with Gasteiger partial charge < -0.3 is 9.64 Å². The topological polar surface area (TPSA) is 49.9 Å². The molecule has 0 aromatic heterocycles. The molecule has 1 aromatic carbocycles. The Morgan fingerprint density at radius 1 is 1.18 bits per heavy atom. The van der Waals surface area contributed by atoms with Crippen molar-refractivity contribution in [2.75, 3.05) is 32.7 Å². The Kier molecular flexibility index (Phi) is 6.68. The van der Waals surface area contributed by atoms with Crippen molar-refractivity contribution in [2.45, 2.75) is 19.4 Å². The molecule has 1 fully saturated rings. The maximum Gasteiger partial charge on any atom is 0.410 e. The molecule has 119 valence electrons. The molecule has 0 N–H and O–H groups in total. The summed E-state index contributed by atoms with van der Waals surface area (Å²) in [6.45, 7) is 4.08. The number of ether oxygens (including phenoxy) is 1. The minimum Gasteiger partial charge on any atom is -0.445 e. The van der Waals surface area contributed by atoms with Crippen molar-refractivity contribution < 1.29 is 14.3 Å². The van der Waals surface area contributed by atoms with E-state index in [0.29, 0.717) is 24.5 Å². The lowest BCUT2D eigenvalue weighted by Gasteiger charge is -2.33. The number of halogens is 1. The SMILES string of the molecule is O=[C]CCCN1CCN(C(=O)OCc2ccc(Cl)cc2)CC1. The van der Waals surface area contributed by atoms with Crippen molar-refractivity contribution in [3.63, 3.8) is 0 Å². The first-order chi connectivity index (χ1) is 10.7. The van der Waals surface area contributed by atoms with Crippen LogP contribution in [0.15, 0.2) is 24.3 Å². The van der Waals surface area contributed by atoms with Gasteiger partial charge in [0, 0.05) is 37.6 Å². The van der Waals surface area contributed by atoms with Crippen LogP contribution >= 0.6 is 11.6 Å². The highest BCUT2D eigenvalue weighted by atomic mass is 35.5. The summed E-state index contributed by atoms with van der Waals surface area (Å²) in [4.78, 5) is 26.2. The van der Waals surface area contributed by atoms with E-state index in [1.807, 2.05) is 18.4 Å². The summed E-state index contributed by atoms with van der Waals surface area (Å²) in [5.74, 6) is 0. The Balaban J connectivity index is 1.68. The molecule has 1 heterocycles. The Bertz CT molecular complexity index is 485. The third kappa shape index (κ3) is 5.31. The molecular weight excluding hydrogens is 304 g/mol. The maximum absolute atomic E-state index is 12.0. The first kappa shape index (κ1) is 16.8. The van der Waals surface area contributed by atoms with Crippen LogP contribution in [-0.4, -0.2) is 54.9 Å². The molecule has 5 nitrogen and oxygen atoms in total. The third-order valence-corrected chi connectivity index (χ3v) is 3.91. The normalized spacial score (nSPS) is 15.6. The summed E-state index contributed by atoms with van der Waals surface area (Å²) < 4.78 is 5.32. The lowest BCUT2D eigenvalue weighted by molar-refractivity contribution is 0.0715. The van der Waals surface area contributed by atoms with Crippen LogP contribution in [0.4, 0.5) is 4.79 Å². The molecule has 0 spiro atoms. The van der Waals surface area contributed by atoms with Crippen molar-refractivity contribution in [1.29, 1.82) is 0 Å². The van der Waals surface area contributed by atoms with E-state index < -0.39 is 0 Å². The third-order valence-electron chi connectivity index (χ3n) is 3.66. The molecule has 1 aromatic rings. The smallest absolute Gasteiger partial charge is 0.410 e. The highest BCUT2D eigenvalue weighted by Gasteiger charge is 2.21. The molecule has 1 radical (unpaired) electrons. The minimum absolute atomic E-state index is 0.255. The standard InChI is InChI=1S/C16H20ClN2O3/c17-15-5-3-14(4-6-15)13-22-16(21)19-10-8-18(9-11-19)7-1-2-12-20/h3-6H,1-2,7-11,13H2. The van der Waals surface area contributed by atoms with Crippen LogP contribution in [-0.2, 0) is 16.1 Å². The van der Waals surface area contributed by atoms with E-state index in [1.165, 1.54) is 0 Å². The zero-order chi connectivity index (χ0) is 15.8. The lowest BCUT2D eigenvalue weighted by atomic mass is 10.2. The molecule has 1 amide bonds. The number of carbonyl (C=O) groups is 1. The van der Waals surface area contributed by atoms with Gasteiger partial charge in [-0.05, 0) is 30.7 Å². The van der Waals surface area contributed by atoms with Crippen LogP contribution in [0.25, 0.3) is 0 Å². The molecule has 1 aliphatic rings. The van der Waals surface area contributed by atoms with Crippen LogP contribution in [0.2, 0.25) is 5.02 Å². The molecule has 0 saturated carbocycles. The lowest BCUT2D eigenvalue weighted by Crippen LogP contribution is -2.48. The Labute approximate surface area is 135 Å². The number of hydrogen-bond acceptors (Lipinski definition) is 4. The number of carbonyl (C=O) groups excluding carboxylic acids is 2. The van der Waals surface area contributed by atoms with E-state index in [-0.39, 0.29) is 12.7 Å². The van der Waals surface area contributed by atoms with Crippen molar-refractivity contribution >= 4 is 24.0 Å². The van der Waals surface area contributed by atoms with Gasteiger partial charge in [-0.15, -0.1) is 0 Å². The van der Waals surface area contributed by atoms with Gasteiger partial charge in [0.1, 0.15) is 6.61 Å². The van der Waals surface area contributed by atoms with Crippen molar-refractivity contribution in [1.82, 2.24) is 9.80 Å². The fourth-order valence-corrected chi connectivity index (χ4v) is 2.47. The number of unbranched alkanes of at least 4 members (excludes halogenated alkanes) is 1. The van der Waals surface area contributed by atoms with Gasteiger partial charge in [0.2, 0.25) is 0 Å². The molecule has 1 aliphatic heterocycles. The van der Waals surface area contributed by atoms with Crippen LogP contribution in [0.1, 0.15) is 18.4 Å². The first-order valence-corrected chi connectivity index (χ1v) is 7.80. The number of rotatable bonds is 6. The highest BCUT2D eigenvalue weighted by Crippen LogP contribution is 2.11. The average molecular weight is 324 g/mol. The summed E-state index contributed by atoms with van der Waals surface area (Å²) in [5.41, 5.74) is 0.918. The van der Waals surface area contributed by atoms with Crippen molar-refractivity contribution in [2.24, 2.45) is 0 Å². The largest absolute Gasteiger partial charge is 0.445 e. The number of nitrogens with zero attached hydrogens (tertiary/aromatic N) is 2. The maximum atomic E-state index is 12.0. The summed E-state index contributed by atoms with van der Waals surface area (Å²) >= 11 is 5.81. The predicted octanol–water partition coefficient (Wildman–Crippen LogP) is 2.48. The molecule has 1 saturated heterocycles. The first-order valence-electron chi connectivity index (χ1n) is 7.42. The van der Waals surface area contributed by atoms with E-state index in [1.54, 1.807) is 17.0 Å². The fourth-order valence-electron chi connectivity index (χ4n) is 2.35. The van der Waals surface area contributed by atoms with Gasteiger partial charge in [-0.25, -0.2) is 4.79 Å². The molecule has 0 aliphatic carbocycles. The van der Waals surface area contributed by atoms with Gasteiger partial charge in [-0.1, -0.05) is 23.7 Å². The Hall–Kier alpha value is -1.59. The second-order valence-electron chi connectivity index (χ2n) is 5.26. The summed E-state index contributed by atoms with van der Waals surface area (Å²) in [6, 6.07) is 7.25. The quantitative estimate of drug-likeness (QED) is 0.755. The summed E-state index contributed by atoms with van der Waals surface area (Å²) in [7, 11) is 0. The van der Waals surface area contributed by atoms with Gasteiger partial charge in [0.05, 0.1) is 0 Å². The summed E-state index contributed by atoms with van der Waals surface area (Å²) in [6.07, 6.45) is 2.92. The van der Waals surface area contributed by atoms with Crippen LogP contribution < -0.4 is 0 Å². The van der Waals surface area contributed by atoms with Crippen molar-refractivity contribution in [3.8, 4) is 0 Å². The second-order valence-corrected chi connectivity index (χ2v) is 5.69.